The first-order chi connectivity index (χ1) is 10.6. The molecule has 3 aromatic rings. The fourth-order valence-electron chi connectivity index (χ4n) is 1.64. The zero-order valence-electron chi connectivity index (χ0n) is 10.9. The van der Waals surface area contributed by atoms with E-state index in [-0.39, 0.29) is 5.69 Å². The van der Waals surface area contributed by atoms with Gasteiger partial charge in [-0.2, -0.15) is 0 Å². The molecular formula is C13H9BrN4O2S2. The molecule has 0 saturated carbocycles. The number of hydrogen-bond acceptors (Lipinski definition) is 5. The third kappa shape index (κ3) is 3.26. The number of aromatic nitrogens is 2. The summed E-state index contributed by atoms with van der Waals surface area (Å²) in [7, 11) is 0. The van der Waals surface area contributed by atoms with E-state index in [0.717, 1.165) is 14.4 Å². The maximum Gasteiger partial charge on any atom is 0.289 e. The Labute approximate surface area is 141 Å². The highest BCUT2D eigenvalue weighted by molar-refractivity contribution is 9.10. The van der Waals surface area contributed by atoms with Gasteiger partial charge in [0.15, 0.2) is 0 Å². The van der Waals surface area contributed by atoms with Crippen LogP contribution in [0, 0.1) is 0 Å². The molecule has 0 spiro atoms. The van der Waals surface area contributed by atoms with Gasteiger partial charge in [0.05, 0.1) is 4.88 Å². The van der Waals surface area contributed by atoms with Crippen molar-refractivity contribution in [3.8, 4) is 9.88 Å². The van der Waals surface area contributed by atoms with Gasteiger partial charge in [0, 0.05) is 16.0 Å². The van der Waals surface area contributed by atoms with Gasteiger partial charge in [0.2, 0.25) is 0 Å². The van der Waals surface area contributed by atoms with Gasteiger partial charge in [-0.1, -0.05) is 6.07 Å². The largest absolute Gasteiger partial charge is 0.356 e. The van der Waals surface area contributed by atoms with E-state index in [4.69, 9.17) is 0 Å². The molecule has 3 rings (SSSR count). The van der Waals surface area contributed by atoms with Crippen LogP contribution in [0.15, 0.2) is 39.6 Å². The standard InChI is InChI=1S/C13H9BrN4O2S2/c14-7-4-8(15-5-7)11(19)17-18-12(20)9-6-22-13(16-9)10-2-1-3-21-10/h1-6,15H,(H,17,19)(H,18,20). The van der Waals surface area contributed by atoms with E-state index >= 15 is 0 Å². The number of carbonyl (C=O) groups is 2. The Balaban J connectivity index is 1.61. The number of carbonyl (C=O) groups excluding carboxylic acids is 2. The topological polar surface area (TPSA) is 86.9 Å². The number of aromatic amines is 1. The first kappa shape index (κ1) is 14.9. The first-order valence-corrected chi connectivity index (χ1v) is 8.63. The van der Waals surface area contributed by atoms with Crippen molar-refractivity contribution >= 4 is 50.4 Å². The lowest BCUT2D eigenvalue weighted by molar-refractivity contribution is 0.0842. The molecule has 0 aliphatic rings. The molecular weight excluding hydrogens is 388 g/mol. The van der Waals surface area contributed by atoms with Crippen molar-refractivity contribution in [1.82, 2.24) is 20.8 Å². The molecule has 0 atom stereocenters. The molecule has 0 radical (unpaired) electrons. The number of hydrogen-bond donors (Lipinski definition) is 3. The predicted octanol–water partition coefficient (Wildman–Crippen LogP) is 3.04. The lowest BCUT2D eigenvalue weighted by Crippen LogP contribution is -2.41. The Kier molecular flexibility index (Phi) is 4.36. The molecule has 0 bridgehead atoms. The number of thiazole rings is 1. The second-order valence-corrected chi connectivity index (χ2v) is 6.88. The molecule has 3 heterocycles. The van der Waals surface area contributed by atoms with Crippen LogP contribution in [0.2, 0.25) is 0 Å². The molecule has 2 amide bonds. The minimum absolute atomic E-state index is 0.265. The van der Waals surface area contributed by atoms with E-state index in [2.05, 4.69) is 36.7 Å². The van der Waals surface area contributed by atoms with Crippen molar-refractivity contribution in [2.45, 2.75) is 0 Å². The zero-order valence-corrected chi connectivity index (χ0v) is 14.1. The quantitative estimate of drug-likeness (QED) is 0.594. The molecule has 112 valence electrons. The molecule has 0 aliphatic carbocycles. The fourth-order valence-corrected chi connectivity index (χ4v) is 3.59. The molecule has 3 N–H and O–H groups in total. The summed E-state index contributed by atoms with van der Waals surface area (Å²) < 4.78 is 0.754. The molecule has 6 nitrogen and oxygen atoms in total. The second-order valence-electron chi connectivity index (χ2n) is 4.16. The van der Waals surface area contributed by atoms with Gasteiger partial charge in [-0.05, 0) is 33.4 Å². The van der Waals surface area contributed by atoms with Crippen molar-refractivity contribution in [2.75, 3.05) is 0 Å². The summed E-state index contributed by atoms with van der Waals surface area (Å²) in [4.78, 5) is 31.8. The number of nitrogens with zero attached hydrogens (tertiary/aromatic N) is 1. The smallest absolute Gasteiger partial charge is 0.289 e. The van der Waals surface area contributed by atoms with Gasteiger partial charge in [-0.25, -0.2) is 4.98 Å². The van der Waals surface area contributed by atoms with Crippen molar-refractivity contribution in [1.29, 1.82) is 0 Å². The van der Waals surface area contributed by atoms with E-state index < -0.39 is 11.8 Å². The Morgan fingerprint density at radius 3 is 2.73 bits per heavy atom. The highest BCUT2D eigenvalue weighted by atomic mass is 79.9. The SMILES string of the molecule is O=C(NNC(=O)c1cc(Br)c[nH]1)c1csc(-c2cccs2)n1. The third-order valence-corrected chi connectivity index (χ3v) is 4.99. The van der Waals surface area contributed by atoms with Crippen LogP contribution in [-0.4, -0.2) is 21.8 Å². The van der Waals surface area contributed by atoms with Gasteiger partial charge in [0.25, 0.3) is 11.8 Å². The van der Waals surface area contributed by atoms with Crippen LogP contribution in [0.4, 0.5) is 0 Å². The van der Waals surface area contributed by atoms with E-state index in [9.17, 15) is 9.59 Å². The number of H-pyrrole nitrogens is 1. The summed E-state index contributed by atoms with van der Waals surface area (Å²) in [6.45, 7) is 0. The number of amides is 2. The van der Waals surface area contributed by atoms with Crippen molar-refractivity contribution in [2.24, 2.45) is 0 Å². The third-order valence-electron chi connectivity index (χ3n) is 2.65. The predicted molar refractivity (Wildman–Crippen MR) is 88.9 cm³/mol. The van der Waals surface area contributed by atoms with Crippen LogP contribution in [0.5, 0.6) is 0 Å². The maximum atomic E-state index is 12.0. The minimum atomic E-state index is -0.460. The summed E-state index contributed by atoms with van der Waals surface area (Å²) in [5.41, 5.74) is 5.27. The van der Waals surface area contributed by atoms with Gasteiger partial charge in [0.1, 0.15) is 16.4 Å². The van der Waals surface area contributed by atoms with E-state index in [1.807, 2.05) is 17.5 Å². The fraction of sp³-hybridized carbons (Fsp3) is 0. The van der Waals surface area contributed by atoms with Crippen LogP contribution in [-0.2, 0) is 0 Å². The average Bonchev–Trinajstić information content (AvgIpc) is 3.23. The molecule has 3 aromatic heterocycles. The van der Waals surface area contributed by atoms with Gasteiger partial charge in [-0.15, -0.1) is 22.7 Å². The van der Waals surface area contributed by atoms with E-state index in [1.54, 1.807) is 29.0 Å². The number of thiophene rings is 1. The summed E-state index contributed by atoms with van der Waals surface area (Å²) in [5, 5.41) is 4.38. The summed E-state index contributed by atoms with van der Waals surface area (Å²) in [5.74, 6) is -0.897. The molecule has 22 heavy (non-hydrogen) atoms. The lowest BCUT2D eigenvalue weighted by atomic mass is 10.4. The number of nitrogens with one attached hydrogen (secondary N) is 3. The molecule has 0 aromatic carbocycles. The molecule has 0 saturated heterocycles. The Morgan fingerprint density at radius 2 is 2.05 bits per heavy atom. The highest BCUT2D eigenvalue weighted by Crippen LogP contribution is 2.27. The molecule has 0 fully saturated rings. The van der Waals surface area contributed by atoms with E-state index in [1.165, 1.54) is 11.3 Å². The van der Waals surface area contributed by atoms with Crippen molar-refractivity contribution < 1.29 is 9.59 Å². The summed E-state index contributed by atoms with van der Waals surface area (Å²) in [6, 6.07) is 5.48. The van der Waals surface area contributed by atoms with Crippen molar-refractivity contribution in [3.63, 3.8) is 0 Å². The number of hydrazine groups is 1. The van der Waals surface area contributed by atoms with E-state index in [0.29, 0.717) is 5.69 Å². The monoisotopic (exact) mass is 396 g/mol. The maximum absolute atomic E-state index is 12.0. The highest BCUT2D eigenvalue weighted by Gasteiger charge is 2.14. The lowest BCUT2D eigenvalue weighted by Gasteiger charge is -2.04. The van der Waals surface area contributed by atoms with Crippen LogP contribution in [0.25, 0.3) is 9.88 Å². The number of halogens is 1. The van der Waals surface area contributed by atoms with Crippen LogP contribution >= 0.6 is 38.6 Å². The van der Waals surface area contributed by atoms with Crippen LogP contribution < -0.4 is 10.9 Å². The summed E-state index contributed by atoms with van der Waals surface area (Å²) in [6.07, 6.45) is 1.63. The second kappa shape index (κ2) is 6.42. The average molecular weight is 397 g/mol. The van der Waals surface area contributed by atoms with Gasteiger partial charge in [-0.3, -0.25) is 20.4 Å². The number of rotatable bonds is 3. The van der Waals surface area contributed by atoms with Crippen molar-refractivity contribution in [3.05, 3.63) is 51.0 Å². The molecule has 9 heteroatoms. The molecule has 0 unspecified atom stereocenters. The van der Waals surface area contributed by atoms with Crippen LogP contribution in [0.1, 0.15) is 21.0 Å². The summed E-state index contributed by atoms with van der Waals surface area (Å²) >= 11 is 6.17. The zero-order chi connectivity index (χ0) is 15.5. The normalized spacial score (nSPS) is 10.4. The molecule has 0 aliphatic heterocycles. The van der Waals surface area contributed by atoms with Crippen LogP contribution in [0.3, 0.4) is 0 Å². The first-order valence-electron chi connectivity index (χ1n) is 6.07. The Bertz CT molecular complexity index is 810. The van der Waals surface area contributed by atoms with Gasteiger partial charge >= 0.3 is 0 Å². The Morgan fingerprint density at radius 1 is 1.23 bits per heavy atom. The van der Waals surface area contributed by atoms with Gasteiger partial charge < -0.3 is 4.98 Å². The Hall–Kier alpha value is -1.97. The minimum Gasteiger partial charge on any atom is -0.356 e.